The number of nitrogens with zero attached hydrogens (tertiary/aromatic N) is 2. The van der Waals surface area contributed by atoms with Crippen LogP contribution in [0, 0.1) is 6.92 Å². The normalized spacial score (nSPS) is 17.5. The summed E-state index contributed by atoms with van der Waals surface area (Å²) in [6.45, 7) is 4.63. The Morgan fingerprint density at radius 3 is 2.37 bits per heavy atom. The quantitative estimate of drug-likeness (QED) is 0.929. The maximum atomic E-state index is 13.2. The van der Waals surface area contributed by atoms with Crippen molar-refractivity contribution in [2.24, 2.45) is 0 Å². The molecule has 110 valence electrons. The summed E-state index contributed by atoms with van der Waals surface area (Å²) in [4.78, 5) is 6.04. The van der Waals surface area contributed by atoms with Gasteiger partial charge in [0.1, 0.15) is 6.04 Å². The van der Waals surface area contributed by atoms with Gasteiger partial charge in [-0.3, -0.25) is 9.88 Å². The van der Waals surface area contributed by atoms with Crippen LogP contribution < -0.4 is 5.32 Å². The maximum absolute atomic E-state index is 13.2. The summed E-state index contributed by atoms with van der Waals surface area (Å²) in [6, 6.07) is 4.42. The predicted octanol–water partition coefficient (Wildman–Crippen LogP) is 2.45. The highest BCUT2D eigenvalue weighted by Crippen LogP contribution is 2.26. The second-order valence-corrected chi connectivity index (χ2v) is 4.27. The van der Waals surface area contributed by atoms with E-state index in [1.807, 2.05) is 17.9 Å². The van der Waals surface area contributed by atoms with Crippen molar-refractivity contribution in [2.45, 2.75) is 19.4 Å². The van der Waals surface area contributed by atoms with Crippen LogP contribution in [0.25, 0.3) is 0 Å². The Hall–Kier alpha value is -0.490. The highest BCUT2D eigenvalue weighted by Gasteiger charge is 2.31. The number of rotatable bonds is 3. The second kappa shape index (κ2) is 8.64. The Labute approximate surface area is 124 Å². The maximum Gasteiger partial charge on any atom is 0.259 e. The van der Waals surface area contributed by atoms with Crippen LogP contribution in [0.2, 0.25) is 0 Å². The molecule has 0 aromatic carbocycles. The van der Waals surface area contributed by atoms with Crippen molar-refractivity contribution in [2.75, 3.05) is 26.2 Å². The number of alkyl halides is 2. The molecule has 0 unspecified atom stereocenters. The summed E-state index contributed by atoms with van der Waals surface area (Å²) < 4.78 is 26.4. The lowest BCUT2D eigenvalue weighted by molar-refractivity contribution is 0.0160. The van der Waals surface area contributed by atoms with E-state index in [9.17, 15) is 8.78 Å². The molecule has 0 aliphatic carbocycles. The number of aryl methyl sites for hydroxylation is 1. The Morgan fingerprint density at radius 2 is 1.84 bits per heavy atom. The van der Waals surface area contributed by atoms with Gasteiger partial charge in [0.05, 0.1) is 5.69 Å². The minimum absolute atomic E-state index is 0. The molecule has 1 aromatic rings. The molecule has 2 heterocycles. The van der Waals surface area contributed by atoms with Gasteiger partial charge in [-0.1, -0.05) is 6.07 Å². The third-order valence-electron chi connectivity index (χ3n) is 3.00. The molecule has 0 amide bonds. The molecule has 1 N–H and O–H groups in total. The molecule has 1 aromatic heterocycles. The fourth-order valence-corrected chi connectivity index (χ4v) is 2.16. The zero-order valence-electron chi connectivity index (χ0n) is 10.7. The van der Waals surface area contributed by atoms with Crippen molar-refractivity contribution in [3.63, 3.8) is 0 Å². The molecule has 19 heavy (non-hydrogen) atoms. The van der Waals surface area contributed by atoms with Crippen molar-refractivity contribution in [3.8, 4) is 0 Å². The number of piperazine rings is 1. The number of halogens is 4. The molecule has 1 fully saturated rings. The van der Waals surface area contributed by atoms with Gasteiger partial charge in [0, 0.05) is 31.9 Å². The lowest BCUT2D eigenvalue weighted by Crippen LogP contribution is -2.47. The molecule has 2 rings (SSSR count). The largest absolute Gasteiger partial charge is 0.314 e. The van der Waals surface area contributed by atoms with Crippen LogP contribution in [0.5, 0.6) is 0 Å². The third-order valence-corrected chi connectivity index (χ3v) is 3.00. The van der Waals surface area contributed by atoms with Crippen LogP contribution in [0.1, 0.15) is 17.4 Å². The van der Waals surface area contributed by atoms with Gasteiger partial charge in [0.2, 0.25) is 0 Å². The molecule has 0 radical (unpaired) electrons. The first kappa shape index (κ1) is 18.5. The van der Waals surface area contributed by atoms with Gasteiger partial charge in [0.15, 0.2) is 0 Å². The third kappa shape index (κ3) is 4.84. The smallest absolute Gasteiger partial charge is 0.259 e. The van der Waals surface area contributed by atoms with Gasteiger partial charge in [-0.15, -0.1) is 24.8 Å². The molecule has 7 heteroatoms. The number of aromatic nitrogens is 1. The number of hydrogen-bond acceptors (Lipinski definition) is 3. The summed E-state index contributed by atoms with van der Waals surface area (Å²) in [5.41, 5.74) is 1.25. The number of hydrogen-bond donors (Lipinski definition) is 1. The van der Waals surface area contributed by atoms with Crippen molar-refractivity contribution in [3.05, 3.63) is 29.6 Å². The Bertz CT molecular complexity index is 374. The minimum atomic E-state index is -2.40. The van der Waals surface area contributed by atoms with Crippen LogP contribution in [0.3, 0.4) is 0 Å². The van der Waals surface area contributed by atoms with Gasteiger partial charge >= 0.3 is 0 Å². The van der Waals surface area contributed by atoms with Crippen LogP contribution >= 0.6 is 24.8 Å². The first-order valence-electron chi connectivity index (χ1n) is 5.85. The van der Waals surface area contributed by atoms with E-state index in [-0.39, 0.29) is 24.8 Å². The van der Waals surface area contributed by atoms with E-state index < -0.39 is 12.5 Å². The molecular weight excluding hydrogens is 295 g/mol. The first-order valence-corrected chi connectivity index (χ1v) is 5.85. The summed E-state index contributed by atoms with van der Waals surface area (Å²) in [5.74, 6) is 0. The Morgan fingerprint density at radius 1 is 1.21 bits per heavy atom. The Balaban J connectivity index is 0.00000162. The van der Waals surface area contributed by atoms with Crippen molar-refractivity contribution < 1.29 is 8.78 Å². The molecule has 0 saturated carbocycles. The average molecular weight is 314 g/mol. The zero-order chi connectivity index (χ0) is 12.3. The standard InChI is InChI=1S/C12H17F2N3.2ClH/c1-9-3-2-4-10(16-9)11(12(13)14)17-7-5-15-6-8-17;;/h2-4,11-12,15H,5-8H2,1H3;2*1H/t11-;;/m0../s1. The van der Waals surface area contributed by atoms with Crippen LogP contribution in [0.15, 0.2) is 18.2 Å². The molecule has 1 saturated heterocycles. The lowest BCUT2D eigenvalue weighted by atomic mass is 10.1. The van der Waals surface area contributed by atoms with Crippen LogP contribution in [-0.4, -0.2) is 42.5 Å². The fraction of sp³-hybridized carbons (Fsp3) is 0.583. The topological polar surface area (TPSA) is 28.2 Å². The van der Waals surface area contributed by atoms with Gasteiger partial charge in [-0.2, -0.15) is 0 Å². The Kier molecular flexibility index (Phi) is 8.41. The molecule has 1 atom stereocenters. The van der Waals surface area contributed by atoms with Crippen molar-refractivity contribution in [1.82, 2.24) is 15.2 Å². The van der Waals surface area contributed by atoms with E-state index in [0.29, 0.717) is 18.8 Å². The summed E-state index contributed by atoms with van der Waals surface area (Å²) in [5, 5.41) is 3.16. The van der Waals surface area contributed by atoms with Gasteiger partial charge in [-0.25, -0.2) is 8.78 Å². The molecule has 3 nitrogen and oxygen atoms in total. The lowest BCUT2D eigenvalue weighted by Gasteiger charge is -2.34. The number of nitrogens with one attached hydrogen (secondary N) is 1. The highest BCUT2D eigenvalue weighted by molar-refractivity contribution is 5.85. The molecular formula is C12H19Cl2F2N3. The highest BCUT2D eigenvalue weighted by atomic mass is 35.5. The summed E-state index contributed by atoms with van der Waals surface area (Å²) in [6.07, 6.45) is -2.40. The molecule has 1 aliphatic heterocycles. The SMILES string of the molecule is Cc1cccc([C@@H](C(F)F)N2CCNCC2)n1.Cl.Cl. The molecule has 0 spiro atoms. The molecule has 0 bridgehead atoms. The van der Waals surface area contributed by atoms with E-state index in [1.54, 1.807) is 12.1 Å². The van der Waals surface area contributed by atoms with E-state index in [2.05, 4.69) is 10.3 Å². The van der Waals surface area contributed by atoms with Gasteiger partial charge in [0.25, 0.3) is 6.43 Å². The van der Waals surface area contributed by atoms with Crippen LogP contribution in [0.4, 0.5) is 8.78 Å². The van der Waals surface area contributed by atoms with Crippen molar-refractivity contribution >= 4 is 24.8 Å². The fourth-order valence-electron chi connectivity index (χ4n) is 2.16. The minimum Gasteiger partial charge on any atom is -0.314 e. The molecule has 1 aliphatic rings. The summed E-state index contributed by atoms with van der Waals surface area (Å²) >= 11 is 0. The summed E-state index contributed by atoms with van der Waals surface area (Å²) in [7, 11) is 0. The number of pyridine rings is 1. The van der Waals surface area contributed by atoms with Gasteiger partial charge < -0.3 is 5.32 Å². The predicted molar refractivity (Wildman–Crippen MR) is 76.7 cm³/mol. The van der Waals surface area contributed by atoms with E-state index in [0.717, 1.165) is 18.8 Å². The van der Waals surface area contributed by atoms with E-state index in [1.165, 1.54) is 0 Å². The van der Waals surface area contributed by atoms with Crippen LogP contribution in [-0.2, 0) is 0 Å². The second-order valence-electron chi connectivity index (χ2n) is 4.27. The van der Waals surface area contributed by atoms with E-state index in [4.69, 9.17) is 0 Å². The average Bonchev–Trinajstić information content (AvgIpc) is 2.30. The van der Waals surface area contributed by atoms with Gasteiger partial charge in [-0.05, 0) is 19.1 Å². The monoisotopic (exact) mass is 313 g/mol. The van der Waals surface area contributed by atoms with E-state index >= 15 is 0 Å². The zero-order valence-corrected chi connectivity index (χ0v) is 12.3. The first-order chi connectivity index (χ1) is 8.18. The van der Waals surface area contributed by atoms with Crippen molar-refractivity contribution in [1.29, 1.82) is 0 Å².